The molecule has 27 heavy (non-hydrogen) atoms. The number of piperidine rings is 3. The van der Waals surface area contributed by atoms with E-state index in [2.05, 4.69) is 4.90 Å². The number of carbonyl (C=O) groups excluding carboxylic acids is 1. The zero-order chi connectivity index (χ0) is 18.8. The van der Waals surface area contributed by atoms with Crippen molar-refractivity contribution in [3.05, 3.63) is 71.3 Å². The van der Waals surface area contributed by atoms with Crippen molar-refractivity contribution in [1.29, 1.82) is 0 Å². The number of hydrogen-bond acceptors (Lipinski definition) is 4. The van der Waals surface area contributed by atoms with Gasteiger partial charge in [0, 0.05) is 6.54 Å². The summed E-state index contributed by atoms with van der Waals surface area (Å²) in [5.41, 5.74) is 1.18. The molecule has 0 aliphatic carbocycles. The van der Waals surface area contributed by atoms with Crippen molar-refractivity contribution in [3.8, 4) is 0 Å². The van der Waals surface area contributed by atoms with Crippen LogP contribution in [0.1, 0.15) is 30.1 Å². The van der Waals surface area contributed by atoms with E-state index in [0.29, 0.717) is 17.0 Å². The molecule has 3 aliphatic heterocycles. The Kier molecular flexibility index (Phi) is 5.07. The standard InChI is InChI=1S/C21H21F2NO3/c22-17-5-1-15(2-6-17)20(16-3-7-18(23)8-4-16)27-21(25)26-19-13-24-11-9-14(19)10-12-24/h1-8,14,19-20H,9-13H2. The molecule has 0 aromatic heterocycles. The summed E-state index contributed by atoms with van der Waals surface area (Å²) in [6, 6.07) is 11.4. The summed E-state index contributed by atoms with van der Waals surface area (Å²) >= 11 is 0. The molecule has 0 spiro atoms. The molecule has 2 bridgehead atoms. The Bertz CT molecular complexity index is 741. The van der Waals surface area contributed by atoms with Gasteiger partial charge in [-0.15, -0.1) is 0 Å². The monoisotopic (exact) mass is 373 g/mol. The molecule has 0 amide bonds. The molecule has 142 valence electrons. The van der Waals surface area contributed by atoms with Gasteiger partial charge < -0.3 is 9.47 Å². The van der Waals surface area contributed by atoms with Crippen LogP contribution in [0.3, 0.4) is 0 Å². The lowest BCUT2D eigenvalue weighted by molar-refractivity contribution is -0.0642. The van der Waals surface area contributed by atoms with E-state index in [1.54, 1.807) is 24.3 Å². The van der Waals surface area contributed by atoms with Gasteiger partial charge in [-0.25, -0.2) is 13.6 Å². The Balaban J connectivity index is 1.51. The number of carbonyl (C=O) groups is 1. The van der Waals surface area contributed by atoms with Crippen LogP contribution in [0.5, 0.6) is 0 Å². The van der Waals surface area contributed by atoms with E-state index < -0.39 is 12.3 Å². The van der Waals surface area contributed by atoms with Crippen LogP contribution in [-0.2, 0) is 9.47 Å². The van der Waals surface area contributed by atoms with Crippen molar-refractivity contribution < 1.29 is 23.0 Å². The first-order valence-electron chi connectivity index (χ1n) is 9.19. The van der Waals surface area contributed by atoms with Gasteiger partial charge in [0.25, 0.3) is 0 Å². The number of halogens is 2. The number of benzene rings is 2. The Morgan fingerprint density at radius 3 is 1.89 bits per heavy atom. The Hall–Kier alpha value is -2.47. The Labute approximate surface area is 156 Å². The normalized spacial score (nSPS) is 24.0. The largest absolute Gasteiger partial charge is 0.509 e. The van der Waals surface area contributed by atoms with Crippen LogP contribution < -0.4 is 0 Å². The molecule has 3 heterocycles. The van der Waals surface area contributed by atoms with Crippen LogP contribution in [-0.4, -0.2) is 36.8 Å². The van der Waals surface area contributed by atoms with E-state index in [4.69, 9.17) is 9.47 Å². The number of hydrogen-bond donors (Lipinski definition) is 0. The van der Waals surface area contributed by atoms with E-state index >= 15 is 0 Å². The summed E-state index contributed by atoms with van der Waals surface area (Å²) in [6.45, 7) is 2.83. The fraction of sp³-hybridized carbons (Fsp3) is 0.381. The van der Waals surface area contributed by atoms with Crippen molar-refractivity contribution in [2.24, 2.45) is 5.92 Å². The Morgan fingerprint density at radius 1 is 0.926 bits per heavy atom. The number of nitrogens with zero attached hydrogens (tertiary/aromatic N) is 1. The minimum absolute atomic E-state index is 0.165. The maximum absolute atomic E-state index is 13.3. The van der Waals surface area contributed by atoms with Crippen LogP contribution in [0.15, 0.2) is 48.5 Å². The third kappa shape index (κ3) is 4.11. The molecule has 0 saturated carbocycles. The predicted octanol–water partition coefficient (Wildman–Crippen LogP) is 4.30. The third-order valence-electron chi connectivity index (χ3n) is 5.40. The maximum atomic E-state index is 13.3. The average Bonchev–Trinajstić information content (AvgIpc) is 2.69. The molecule has 2 aromatic carbocycles. The van der Waals surface area contributed by atoms with Crippen LogP contribution in [0.2, 0.25) is 0 Å². The van der Waals surface area contributed by atoms with Gasteiger partial charge in [0.15, 0.2) is 6.10 Å². The van der Waals surface area contributed by atoms with Crippen LogP contribution in [0.25, 0.3) is 0 Å². The van der Waals surface area contributed by atoms with Gasteiger partial charge in [0.1, 0.15) is 17.7 Å². The molecule has 3 saturated heterocycles. The van der Waals surface area contributed by atoms with Gasteiger partial charge in [0.2, 0.25) is 0 Å². The van der Waals surface area contributed by atoms with Gasteiger partial charge in [0.05, 0.1) is 0 Å². The third-order valence-corrected chi connectivity index (χ3v) is 5.40. The highest BCUT2D eigenvalue weighted by Gasteiger charge is 2.37. The lowest BCUT2D eigenvalue weighted by Gasteiger charge is -2.43. The van der Waals surface area contributed by atoms with Crippen molar-refractivity contribution in [1.82, 2.24) is 4.90 Å². The SMILES string of the molecule is O=C(OC(c1ccc(F)cc1)c1ccc(F)cc1)OC1CN2CCC1CC2. The first-order valence-corrected chi connectivity index (χ1v) is 9.19. The molecular formula is C21H21F2NO3. The molecule has 0 radical (unpaired) electrons. The predicted molar refractivity (Wildman–Crippen MR) is 95.2 cm³/mol. The number of rotatable bonds is 4. The quantitative estimate of drug-likeness (QED) is 0.749. The van der Waals surface area contributed by atoms with Crippen LogP contribution >= 0.6 is 0 Å². The van der Waals surface area contributed by atoms with Gasteiger partial charge in [-0.1, -0.05) is 24.3 Å². The molecule has 0 N–H and O–H groups in total. The topological polar surface area (TPSA) is 38.8 Å². The van der Waals surface area contributed by atoms with E-state index in [1.165, 1.54) is 24.3 Å². The molecular weight excluding hydrogens is 352 g/mol. The van der Waals surface area contributed by atoms with Crippen molar-refractivity contribution in [2.45, 2.75) is 25.0 Å². The molecule has 3 aliphatic rings. The lowest BCUT2D eigenvalue weighted by atomic mass is 9.86. The molecule has 3 fully saturated rings. The zero-order valence-corrected chi connectivity index (χ0v) is 14.8. The molecule has 4 nitrogen and oxygen atoms in total. The highest BCUT2D eigenvalue weighted by Crippen LogP contribution is 2.31. The minimum atomic E-state index is -0.792. The van der Waals surface area contributed by atoms with Gasteiger partial charge in [-0.05, 0) is 67.2 Å². The van der Waals surface area contributed by atoms with E-state index in [9.17, 15) is 13.6 Å². The van der Waals surface area contributed by atoms with Gasteiger partial charge in [-0.2, -0.15) is 0 Å². The highest BCUT2D eigenvalue weighted by atomic mass is 19.1. The second-order valence-electron chi connectivity index (χ2n) is 7.15. The zero-order valence-electron chi connectivity index (χ0n) is 14.8. The van der Waals surface area contributed by atoms with Crippen LogP contribution in [0, 0.1) is 17.6 Å². The smallest absolute Gasteiger partial charge is 0.429 e. The first kappa shape index (κ1) is 17.9. The minimum Gasteiger partial charge on any atom is -0.429 e. The highest BCUT2D eigenvalue weighted by molar-refractivity contribution is 5.61. The second-order valence-corrected chi connectivity index (χ2v) is 7.15. The summed E-state index contributed by atoms with van der Waals surface area (Å²) < 4.78 is 37.7. The van der Waals surface area contributed by atoms with Crippen molar-refractivity contribution in [2.75, 3.05) is 19.6 Å². The summed E-state index contributed by atoms with van der Waals surface area (Å²) in [5, 5.41) is 0. The second kappa shape index (κ2) is 7.64. The average molecular weight is 373 g/mol. The van der Waals surface area contributed by atoms with E-state index in [-0.39, 0.29) is 17.7 Å². The van der Waals surface area contributed by atoms with Crippen LogP contribution in [0.4, 0.5) is 13.6 Å². The summed E-state index contributed by atoms with van der Waals surface area (Å²) in [5.74, 6) is -0.393. The summed E-state index contributed by atoms with van der Waals surface area (Å²) in [7, 11) is 0. The Morgan fingerprint density at radius 2 is 1.44 bits per heavy atom. The maximum Gasteiger partial charge on any atom is 0.509 e. The first-order chi connectivity index (χ1) is 13.1. The van der Waals surface area contributed by atoms with E-state index in [1.807, 2.05) is 0 Å². The van der Waals surface area contributed by atoms with Gasteiger partial charge >= 0.3 is 6.16 Å². The number of fused-ring (bicyclic) bond motifs is 3. The molecule has 1 atom stereocenters. The molecule has 2 aromatic rings. The van der Waals surface area contributed by atoms with Gasteiger partial charge in [-0.3, -0.25) is 4.90 Å². The number of ether oxygens (including phenoxy) is 2. The summed E-state index contributed by atoms with van der Waals surface area (Å²) in [6.07, 6.45) is 0.337. The lowest BCUT2D eigenvalue weighted by Crippen LogP contribution is -2.52. The van der Waals surface area contributed by atoms with E-state index in [0.717, 1.165) is 32.5 Å². The fourth-order valence-electron chi connectivity index (χ4n) is 3.90. The molecule has 1 unspecified atom stereocenters. The molecule has 6 heteroatoms. The van der Waals surface area contributed by atoms with Crippen molar-refractivity contribution >= 4 is 6.16 Å². The fourth-order valence-corrected chi connectivity index (χ4v) is 3.90. The summed E-state index contributed by atoms with van der Waals surface area (Å²) in [4.78, 5) is 14.8. The molecule has 5 rings (SSSR count). The van der Waals surface area contributed by atoms with Crippen molar-refractivity contribution in [3.63, 3.8) is 0 Å².